The quantitative estimate of drug-likeness (QED) is 0.645. The number of rotatable bonds is 6. The lowest BCUT2D eigenvalue weighted by molar-refractivity contribution is -0.120. The van der Waals surface area contributed by atoms with E-state index in [1.165, 1.54) is 11.8 Å². The summed E-state index contributed by atoms with van der Waals surface area (Å²) in [5.74, 6) is 0.553. The second-order valence-electron chi connectivity index (χ2n) is 5.37. The van der Waals surface area contributed by atoms with Crippen LogP contribution in [0.3, 0.4) is 0 Å². The normalized spacial score (nSPS) is 11.6. The topological polar surface area (TPSA) is 78.7 Å². The number of carbonyl (C=O) groups is 1. The van der Waals surface area contributed by atoms with Crippen molar-refractivity contribution in [3.05, 3.63) is 53.0 Å². The molecule has 2 aromatic rings. The fraction of sp³-hybridized carbons (Fsp3) is 0.333. The third-order valence-electron chi connectivity index (χ3n) is 3.51. The predicted molar refractivity (Wildman–Crippen MR) is 94.4 cm³/mol. The maximum atomic E-state index is 12.5. The van der Waals surface area contributed by atoms with Crippen molar-refractivity contribution < 1.29 is 4.79 Å². The molecule has 1 aromatic carbocycles. The molecule has 1 heterocycles. The largest absolute Gasteiger partial charge is 0.351 e. The first-order valence-electron chi connectivity index (χ1n) is 7.78. The molecule has 0 spiro atoms. The van der Waals surface area contributed by atoms with Crippen molar-refractivity contribution in [1.82, 2.24) is 15.3 Å². The van der Waals surface area contributed by atoms with Crippen LogP contribution < -0.4 is 5.32 Å². The van der Waals surface area contributed by atoms with Gasteiger partial charge in [-0.05, 0) is 25.8 Å². The molecule has 24 heavy (non-hydrogen) atoms. The number of amides is 1. The van der Waals surface area contributed by atoms with Gasteiger partial charge in [-0.3, -0.25) is 4.79 Å². The van der Waals surface area contributed by atoms with Gasteiger partial charge in [-0.25, -0.2) is 9.97 Å². The molecule has 5 nitrogen and oxygen atoms in total. The highest BCUT2D eigenvalue weighted by Crippen LogP contribution is 2.28. The SMILES string of the molecule is CCC(Sc1nc(C)nc(C)c1C#N)C(=O)NCc1ccccc1. The van der Waals surface area contributed by atoms with Crippen LogP contribution in [-0.2, 0) is 11.3 Å². The Morgan fingerprint density at radius 2 is 2.00 bits per heavy atom. The van der Waals surface area contributed by atoms with Crippen molar-refractivity contribution in [2.45, 2.75) is 44.0 Å². The summed E-state index contributed by atoms with van der Waals surface area (Å²) in [4.78, 5) is 21.0. The van der Waals surface area contributed by atoms with E-state index in [-0.39, 0.29) is 11.2 Å². The molecule has 6 heteroatoms. The van der Waals surface area contributed by atoms with E-state index in [9.17, 15) is 10.1 Å². The van der Waals surface area contributed by atoms with Gasteiger partial charge in [-0.2, -0.15) is 5.26 Å². The van der Waals surface area contributed by atoms with E-state index < -0.39 is 0 Å². The molecular weight excluding hydrogens is 320 g/mol. The van der Waals surface area contributed by atoms with Gasteiger partial charge in [0.05, 0.1) is 10.9 Å². The predicted octanol–water partition coefficient (Wildman–Crippen LogP) is 3.15. The number of aryl methyl sites for hydroxylation is 2. The molecule has 0 aliphatic heterocycles. The molecule has 1 atom stereocenters. The Kier molecular flexibility index (Phi) is 6.33. The number of hydrogen-bond donors (Lipinski definition) is 1. The van der Waals surface area contributed by atoms with Crippen LogP contribution in [0.2, 0.25) is 0 Å². The molecule has 0 aliphatic carbocycles. The standard InChI is InChI=1S/C18H20N4OS/c1-4-16(17(23)20-11-14-8-6-5-7-9-14)24-18-15(10-19)12(2)21-13(3)22-18/h5-9,16H,4,11H2,1-3H3,(H,20,23). The Bertz CT molecular complexity index is 756. The first kappa shape index (κ1) is 18.0. The number of nitrogens with zero attached hydrogens (tertiary/aromatic N) is 3. The Labute approximate surface area is 146 Å². The molecule has 1 aromatic heterocycles. The van der Waals surface area contributed by atoms with Crippen molar-refractivity contribution in [3.63, 3.8) is 0 Å². The van der Waals surface area contributed by atoms with Crippen molar-refractivity contribution in [2.24, 2.45) is 0 Å². The van der Waals surface area contributed by atoms with Gasteiger partial charge >= 0.3 is 0 Å². The molecule has 0 aliphatic rings. The number of aromatic nitrogens is 2. The number of hydrogen-bond acceptors (Lipinski definition) is 5. The highest BCUT2D eigenvalue weighted by atomic mass is 32.2. The Hall–Kier alpha value is -2.39. The maximum absolute atomic E-state index is 12.5. The summed E-state index contributed by atoms with van der Waals surface area (Å²) in [6.07, 6.45) is 0.651. The average molecular weight is 340 g/mol. The summed E-state index contributed by atoms with van der Waals surface area (Å²) >= 11 is 1.33. The molecule has 0 fully saturated rings. The van der Waals surface area contributed by atoms with Gasteiger partial charge in [0.25, 0.3) is 0 Å². The van der Waals surface area contributed by atoms with Crippen LogP contribution in [0.25, 0.3) is 0 Å². The third kappa shape index (κ3) is 4.56. The second-order valence-corrected chi connectivity index (χ2v) is 6.56. The lowest BCUT2D eigenvalue weighted by Gasteiger charge is -2.15. The van der Waals surface area contributed by atoms with Crippen LogP contribution in [0.5, 0.6) is 0 Å². The molecule has 1 amide bonds. The second kappa shape index (κ2) is 8.46. The molecule has 0 saturated carbocycles. The van der Waals surface area contributed by atoms with Gasteiger partial charge in [0.15, 0.2) is 0 Å². The number of benzene rings is 1. The maximum Gasteiger partial charge on any atom is 0.233 e. The van der Waals surface area contributed by atoms with Crippen molar-refractivity contribution in [3.8, 4) is 6.07 Å². The zero-order chi connectivity index (χ0) is 17.5. The minimum absolute atomic E-state index is 0.0517. The first-order valence-corrected chi connectivity index (χ1v) is 8.66. The van der Waals surface area contributed by atoms with Gasteiger partial charge in [-0.1, -0.05) is 49.0 Å². The van der Waals surface area contributed by atoms with Gasteiger partial charge < -0.3 is 5.32 Å². The van der Waals surface area contributed by atoms with E-state index in [1.54, 1.807) is 13.8 Å². The minimum Gasteiger partial charge on any atom is -0.351 e. The smallest absolute Gasteiger partial charge is 0.233 e. The molecule has 0 saturated heterocycles. The summed E-state index contributed by atoms with van der Waals surface area (Å²) < 4.78 is 0. The summed E-state index contributed by atoms with van der Waals surface area (Å²) in [5, 5.41) is 12.5. The minimum atomic E-state index is -0.297. The summed E-state index contributed by atoms with van der Waals surface area (Å²) in [6, 6.07) is 11.9. The number of thioether (sulfide) groups is 1. The van der Waals surface area contributed by atoms with Crippen molar-refractivity contribution >= 4 is 17.7 Å². The van der Waals surface area contributed by atoms with Crippen LogP contribution in [0.4, 0.5) is 0 Å². The lowest BCUT2D eigenvalue weighted by Crippen LogP contribution is -2.32. The number of nitriles is 1. The number of carbonyl (C=O) groups excluding carboxylic acids is 1. The molecule has 0 radical (unpaired) electrons. The van der Waals surface area contributed by atoms with E-state index in [0.717, 1.165) is 5.56 Å². The van der Waals surface area contributed by atoms with Crippen LogP contribution in [0.1, 0.15) is 36.0 Å². The zero-order valence-corrected chi connectivity index (χ0v) is 14.9. The monoisotopic (exact) mass is 340 g/mol. The molecule has 1 N–H and O–H groups in total. The Balaban J connectivity index is 2.09. The highest BCUT2D eigenvalue weighted by molar-refractivity contribution is 8.00. The van der Waals surface area contributed by atoms with Crippen LogP contribution in [-0.4, -0.2) is 21.1 Å². The van der Waals surface area contributed by atoms with Crippen molar-refractivity contribution in [1.29, 1.82) is 5.26 Å². The Morgan fingerprint density at radius 3 is 2.62 bits per heavy atom. The molecule has 0 bridgehead atoms. The third-order valence-corrected chi connectivity index (χ3v) is 4.86. The molecule has 124 valence electrons. The van der Waals surface area contributed by atoms with E-state index in [1.807, 2.05) is 37.3 Å². The van der Waals surface area contributed by atoms with Gasteiger partial charge in [0, 0.05) is 6.54 Å². The van der Waals surface area contributed by atoms with Crippen LogP contribution in [0, 0.1) is 25.2 Å². The lowest BCUT2D eigenvalue weighted by atomic mass is 10.2. The summed E-state index contributed by atoms with van der Waals surface area (Å²) in [6.45, 7) is 6.01. The summed E-state index contributed by atoms with van der Waals surface area (Å²) in [5.41, 5.74) is 2.14. The van der Waals surface area contributed by atoms with E-state index in [4.69, 9.17) is 0 Å². The molecular formula is C18H20N4OS. The van der Waals surface area contributed by atoms with E-state index in [2.05, 4.69) is 21.4 Å². The van der Waals surface area contributed by atoms with E-state index >= 15 is 0 Å². The zero-order valence-electron chi connectivity index (χ0n) is 14.0. The van der Waals surface area contributed by atoms with Crippen molar-refractivity contribution in [2.75, 3.05) is 0 Å². The fourth-order valence-corrected chi connectivity index (χ4v) is 3.37. The first-order chi connectivity index (χ1) is 11.5. The molecule has 1 unspecified atom stereocenters. The Morgan fingerprint density at radius 1 is 1.29 bits per heavy atom. The van der Waals surface area contributed by atoms with Gasteiger partial charge in [-0.15, -0.1) is 0 Å². The van der Waals surface area contributed by atoms with Gasteiger partial charge in [0.1, 0.15) is 22.5 Å². The average Bonchev–Trinajstić information content (AvgIpc) is 2.58. The summed E-state index contributed by atoms with van der Waals surface area (Å²) in [7, 11) is 0. The van der Waals surface area contributed by atoms with Crippen LogP contribution >= 0.6 is 11.8 Å². The van der Waals surface area contributed by atoms with E-state index in [0.29, 0.717) is 35.1 Å². The highest BCUT2D eigenvalue weighted by Gasteiger charge is 2.21. The fourth-order valence-electron chi connectivity index (χ4n) is 2.25. The van der Waals surface area contributed by atoms with Gasteiger partial charge in [0.2, 0.25) is 5.91 Å². The molecule has 2 rings (SSSR count). The van der Waals surface area contributed by atoms with Crippen LogP contribution in [0.15, 0.2) is 35.4 Å². The number of nitrogens with one attached hydrogen (secondary N) is 1.